The number of aromatic nitrogens is 2. The van der Waals surface area contributed by atoms with Crippen molar-refractivity contribution in [1.82, 2.24) is 20.2 Å². The molecule has 1 aliphatic carbocycles. The zero-order valence-corrected chi connectivity index (χ0v) is 16.4. The number of fused-ring (bicyclic) bond motifs is 1. The standard InChI is InChI=1S/C22H29N5O/c28-22(20-14-21(25-16-24-20)26-19-8-3-4-9-19)23-11-5-12-27-13-10-17-6-1-2-7-18(17)15-27/h1-2,6-7,14,16,19H,3-5,8-13,15H2,(H,23,28)(H,24,25,26). The maximum atomic E-state index is 12.4. The second kappa shape index (κ2) is 9.15. The van der Waals surface area contributed by atoms with Crippen LogP contribution in [0.25, 0.3) is 0 Å². The fraction of sp³-hybridized carbons (Fsp3) is 0.500. The second-order valence-electron chi connectivity index (χ2n) is 7.82. The summed E-state index contributed by atoms with van der Waals surface area (Å²) in [6, 6.07) is 10.9. The number of anilines is 1. The van der Waals surface area contributed by atoms with E-state index in [2.05, 4.69) is 49.8 Å². The van der Waals surface area contributed by atoms with Gasteiger partial charge in [-0.25, -0.2) is 9.97 Å². The van der Waals surface area contributed by atoms with Gasteiger partial charge < -0.3 is 10.6 Å². The first-order valence-electron chi connectivity index (χ1n) is 10.4. The van der Waals surface area contributed by atoms with E-state index < -0.39 is 0 Å². The first kappa shape index (κ1) is 18.9. The van der Waals surface area contributed by atoms with Crippen LogP contribution in [0.1, 0.15) is 53.7 Å². The van der Waals surface area contributed by atoms with E-state index in [1.165, 1.54) is 43.1 Å². The van der Waals surface area contributed by atoms with Gasteiger partial charge in [0.15, 0.2) is 0 Å². The Kier molecular flexibility index (Phi) is 6.17. The summed E-state index contributed by atoms with van der Waals surface area (Å²) in [5.74, 6) is 0.625. The maximum Gasteiger partial charge on any atom is 0.270 e. The minimum Gasteiger partial charge on any atom is -0.367 e. The number of benzene rings is 1. The van der Waals surface area contributed by atoms with E-state index in [1.807, 2.05) is 0 Å². The third-order valence-corrected chi connectivity index (χ3v) is 5.75. The van der Waals surface area contributed by atoms with E-state index in [-0.39, 0.29) is 5.91 Å². The summed E-state index contributed by atoms with van der Waals surface area (Å²) in [6.45, 7) is 3.75. The van der Waals surface area contributed by atoms with E-state index in [0.29, 0.717) is 18.3 Å². The highest BCUT2D eigenvalue weighted by molar-refractivity contribution is 5.92. The van der Waals surface area contributed by atoms with Crippen LogP contribution in [0.5, 0.6) is 0 Å². The lowest BCUT2D eigenvalue weighted by molar-refractivity contribution is 0.0946. The Labute approximate surface area is 166 Å². The average Bonchev–Trinajstić information content (AvgIpc) is 3.24. The number of amides is 1. The normalized spacial score (nSPS) is 17.3. The molecule has 1 aliphatic heterocycles. The third kappa shape index (κ3) is 4.87. The van der Waals surface area contributed by atoms with E-state index in [0.717, 1.165) is 38.3 Å². The molecule has 6 heteroatoms. The predicted molar refractivity (Wildman–Crippen MR) is 110 cm³/mol. The fourth-order valence-corrected chi connectivity index (χ4v) is 4.18. The molecule has 2 N–H and O–H groups in total. The molecule has 28 heavy (non-hydrogen) atoms. The summed E-state index contributed by atoms with van der Waals surface area (Å²) in [7, 11) is 0. The molecule has 2 aliphatic rings. The van der Waals surface area contributed by atoms with Crippen molar-refractivity contribution >= 4 is 11.7 Å². The minimum absolute atomic E-state index is 0.124. The zero-order valence-electron chi connectivity index (χ0n) is 16.4. The first-order chi connectivity index (χ1) is 13.8. The molecule has 148 valence electrons. The number of carbonyl (C=O) groups is 1. The molecule has 0 spiro atoms. The number of nitrogens with one attached hydrogen (secondary N) is 2. The molecule has 0 unspecified atom stereocenters. The Balaban J connectivity index is 1.20. The molecule has 1 aromatic heterocycles. The lowest BCUT2D eigenvalue weighted by Crippen LogP contribution is -2.34. The molecule has 0 saturated heterocycles. The lowest BCUT2D eigenvalue weighted by atomic mass is 10.00. The van der Waals surface area contributed by atoms with Gasteiger partial charge in [0.25, 0.3) is 5.91 Å². The average molecular weight is 380 g/mol. The molecular formula is C22H29N5O. The molecule has 0 radical (unpaired) electrons. The van der Waals surface area contributed by atoms with Gasteiger partial charge >= 0.3 is 0 Å². The summed E-state index contributed by atoms with van der Waals surface area (Å²) in [5.41, 5.74) is 3.33. The Morgan fingerprint density at radius 1 is 1.14 bits per heavy atom. The van der Waals surface area contributed by atoms with E-state index in [9.17, 15) is 4.79 Å². The van der Waals surface area contributed by atoms with Gasteiger partial charge in [-0.15, -0.1) is 0 Å². The van der Waals surface area contributed by atoms with Crippen molar-refractivity contribution in [1.29, 1.82) is 0 Å². The molecular weight excluding hydrogens is 350 g/mol. The van der Waals surface area contributed by atoms with Crippen LogP contribution in [0.2, 0.25) is 0 Å². The second-order valence-corrected chi connectivity index (χ2v) is 7.82. The van der Waals surface area contributed by atoms with Gasteiger partial charge in [-0.3, -0.25) is 9.69 Å². The highest BCUT2D eigenvalue weighted by atomic mass is 16.1. The van der Waals surface area contributed by atoms with Crippen molar-refractivity contribution in [2.24, 2.45) is 0 Å². The summed E-state index contributed by atoms with van der Waals surface area (Å²) in [6.07, 6.45) is 8.39. The van der Waals surface area contributed by atoms with Gasteiger partial charge in [-0.2, -0.15) is 0 Å². The third-order valence-electron chi connectivity index (χ3n) is 5.75. The number of rotatable bonds is 7. The van der Waals surface area contributed by atoms with Crippen molar-refractivity contribution in [2.75, 3.05) is 25.0 Å². The monoisotopic (exact) mass is 379 g/mol. The zero-order chi connectivity index (χ0) is 19.2. The smallest absolute Gasteiger partial charge is 0.270 e. The van der Waals surface area contributed by atoms with E-state index >= 15 is 0 Å². The van der Waals surface area contributed by atoms with Gasteiger partial charge in [0.05, 0.1) is 0 Å². The summed E-state index contributed by atoms with van der Waals surface area (Å²) in [4.78, 5) is 23.3. The summed E-state index contributed by atoms with van der Waals surface area (Å²) < 4.78 is 0. The van der Waals surface area contributed by atoms with Gasteiger partial charge in [0.2, 0.25) is 0 Å². The molecule has 1 fully saturated rings. The first-order valence-corrected chi connectivity index (χ1v) is 10.4. The molecule has 1 amide bonds. The van der Waals surface area contributed by atoms with Crippen molar-refractivity contribution in [3.05, 3.63) is 53.5 Å². The van der Waals surface area contributed by atoms with Crippen LogP contribution in [0.4, 0.5) is 5.82 Å². The van der Waals surface area contributed by atoms with Gasteiger partial charge in [-0.05, 0) is 36.8 Å². The molecule has 4 rings (SSSR count). The van der Waals surface area contributed by atoms with Crippen molar-refractivity contribution in [3.63, 3.8) is 0 Å². The Morgan fingerprint density at radius 3 is 2.82 bits per heavy atom. The Hall–Kier alpha value is -2.47. The number of hydrogen-bond acceptors (Lipinski definition) is 5. The minimum atomic E-state index is -0.124. The van der Waals surface area contributed by atoms with Crippen LogP contribution in [-0.4, -0.2) is 46.5 Å². The molecule has 0 bridgehead atoms. The van der Waals surface area contributed by atoms with Crippen LogP contribution in [0.3, 0.4) is 0 Å². The molecule has 2 heterocycles. The van der Waals surface area contributed by atoms with Crippen molar-refractivity contribution in [3.8, 4) is 0 Å². The predicted octanol–water partition coefficient (Wildman–Crippen LogP) is 3.01. The van der Waals surface area contributed by atoms with Crippen LogP contribution < -0.4 is 10.6 Å². The number of nitrogens with zero attached hydrogens (tertiary/aromatic N) is 3. The topological polar surface area (TPSA) is 70.2 Å². The highest BCUT2D eigenvalue weighted by Gasteiger charge is 2.17. The van der Waals surface area contributed by atoms with Gasteiger partial charge in [0.1, 0.15) is 17.8 Å². The summed E-state index contributed by atoms with van der Waals surface area (Å²) in [5, 5.41) is 6.41. The molecule has 1 aromatic carbocycles. The van der Waals surface area contributed by atoms with Crippen LogP contribution >= 0.6 is 0 Å². The van der Waals surface area contributed by atoms with Gasteiger partial charge in [0, 0.05) is 38.3 Å². The Morgan fingerprint density at radius 2 is 1.96 bits per heavy atom. The molecule has 2 aromatic rings. The van der Waals surface area contributed by atoms with Crippen LogP contribution in [0, 0.1) is 0 Å². The maximum absolute atomic E-state index is 12.4. The van der Waals surface area contributed by atoms with Crippen molar-refractivity contribution in [2.45, 2.75) is 51.1 Å². The largest absolute Gasteiger partial charge is 0.367 e. The fourth-order valence-electron chi connectivity index (χ4n) is 4.18. The van der Waals surface area contributed by atoms with Crippen molar-refractivity contribution < 1.29 is 4.79 Å². The SMILES string of the molecule is O=C(NCCCN1CCc2ccccc2C1)c1cc(NC2CCCC2)ncn1. The molecule has 6 nitrogen and oxygen atoms in total. The highest BCUT2D eigenvalue weighted by Crippen LogP contribution is 2.21. The van der Waals surface area contributed by atoms with Gasteiger partial charge in [-0.1, -0.05) is 37.1 Å². The number of hydrogen-bond donors (Lipinski definition) is 2. The Bertz CT molecular complexity index is 803. The van der Waals surface area contributed by atoms with E-state index in [4.69, 9.17) is 0 Å². The quantitative estimate of drug-likeness (QED) is 0.724. The summed E-state index contributed by atoms with van der Waals surface area (Å²) >= 11 is 0. The number of carbonyl (C=O) groups excluding carboxylic acids is 1. The van der Waals surface area contributed by atoms with Crippen LogP contribution in [0.15, 0.2) is 36.7 Å². The lowest BCUT2D eigenvalue weighted by Gasteiger charge is -2.28. The molecule has 0 atom stereocenters. The molecule has 1 saturated carbocycles. The van der Waals surface area contributed by atoms with E-state index in [1.54, 1.807) is 6.07 Å². The van der Waals surface area contributed by atoms with Crippen LogP contribution in [-0.2, 0) is 13.0 Å².